The number of nitrogens with zero attached hydrogens (tertiary/aromatic N) is 1. The van der Waals surface area contributed by atoms with E-state index in [4.69, 9.17) is 5.11 Å². The van der Waals surface area contributed by atoms with Crippen molar-refractivity contribution in [3.8, 4) is 0 Å². The molecule has 0 saturated carbocycles. The Labute approximate surface area is 68.4 Å². The average molecular weight is 158 g/mol. The molecule has 1 atom stereocenters. The van der Waals surface area contributed by atoms with Crippen LogP contribution in [0.15, 0.2) is 0 Å². The molecule has 0 aromatic rings. The summed E-state index contributed by atoms with van der Waals surface area (Å²) in [6, 6.07) is 0.659. The van der Waals surface area contributed by atoms with Crippen LogP contribution in [0.25, 0.3) is 0 Å². The molecule has 0 amide bonds. The first-order chi connectivity index (χ1) is 5.33. The summed E-state index contributed by atoms with van der Waals surface area (Å²) >= 11 is 0. The van der Waals surface area contributed by atoms with Gasteiger partial charge in [0.25, 0.3) is 0 Å². The summed E-state index contributed by atoms with van der Waals surface area (Å²) in [5, 5.41) is 12.1. The van der Waals surface area contributed by atoms with Crippen LogP contribution in [0.4, 0.5) is 0 Å². The zero-order valence-electron chi connectivity index (χ0n) is 7.21. The van der Waals surface area contributed by atoms with Crippen LogP contribution in [-0.2, 0) is 0 Å². The molecule has 3 nitrogen and oxygen atoms in total. The SMILES string of the molecule is CN(CCO)CC1CCCN1. The zero-order valence-corrected chi connectivity index (χ0v) is 7.21. The quantitative estimate of drug-likeness (QED) is 0.587. The molecular weight excluding hydrogens is 140 g/mol. The van der Waals surface area contributed by atoms with Gasteiger partial charge < -0.3 is 15.3 Å². The number of aliphatic hydroxyl groups is 1. The van der Waals surface area contributed by atoms with Crippen molar-refractivity contribution in [1.29, 1.82) is 0 Å². The van der Waals surface area contributed by atoms with E-state index in [-0.39, 0.29) is 6.61 Å². The Balaban J connectivity index is 2.08. The molecule has 1 unspecified atom stereocenters. The molecule has 66 valence electrons. The van der Waals surface area contributed by atoms with Gasteiger partial charge >= 0.3 is 0 Å². The molecule has 11 heavy (non-hydrogen) atoms. The van der Waals surface area contributed by atoms with Gasteiger partial charge in [-0.3, -0.25) is 0 Å². The first-order valence-electron chi connectivity index (χ1n) is 4.35. The molecule has 0 aromatic carbocycles. The van der Waals surface area contributed by atoms with Crippen LogP contribution in [0.2, 0.25) is 0 Å². The van der Waals surface area contributed by atoms with E-state index in [2.05, 4.69) is 17.3 Å². The molecule has 1 heterocycles. The van der Waals surface area contributed by atoms with Gasteiger partial charge in [-0.25, -0.2) is 0 Å². The Morgan fingerprint density at radius 1 is 1.64 bits per heavy atom. The Hall–Kier alpha value is -0.120. The van der Waals surface area contributed by atoms with E-state index in [0.29, 0.717) is 6.04 Å². The topological polar surface area (TPSA) is 35.5 Å². The second-order valence-corrected chi connectivity index (χ2v) is 3.28. The van der Waals surface area contributed by atoms with E-state index in [9.17, 15) is 0 Å². The van der Waals surface area contributed by atoms with Crippen molar-refractivity contribution in [2.75, 3.05) is 33.3 Å². The predicted octanol–water partition coefficient (Wildman–Crippen LogP) is -0.338. The molecule has 1 saturated heterocycles. The Morgan fingerprint density at radius 2 is 2.45 bits per heavy atom. The first-order valence-corrected chi connectivity index (χ1v) is 4.35. The van der Waals surface area contributed by atoms with Crippen molar-refractivity contribution in [3.05, 3.63) is 0 Å². The van der Waals surface area contributed by atoms with E-state index >= 15 is 0 Å². The molecule has 1 aliphatic rings. The molecule has 3 heteroatoms. The van der Waals surface area contributed by atoms with Gasteiger partial charge in [-0.15, -0.1) is 0 Å². The van der Waals surface area contributed by atoms with Gasteiger partial charge in [0.2, 0.25) is 0 Å². The van der Waals surface area contributed by atoms with Gasteiger partial charge in [-0.2, -0.15) is 0 Å². The maximum absolute atomic E-state index is 8.65. The number of hydrogen-bond acceptors (Lipinski definition) is 3. The molecular formula is C8H18N2O. The van der Waals surface area contributed by atoms with Crippen molar-refractivity contribution in [3.63, 3.8) is 0 Å². The standard InChI is InChI=1S/C8H18N2O/c1-10(5-6-11)7-8-3-2-4-9-8/h8-9,11H,2-7H2,1H3. The minimum Gasteiger partial charge on any atom is -0.395 e. The first kappa shape index (κ1) is 8.97. The van der Waals surface area contributed by atoms with Crippen LogP contribution in [-0.4, -0.2) is 49.3 Å². The number of aliphatic hydroxyl groups excluding tert-OH is 1. The second-order valence-electron chi connectivity index (χ2n) is 3.28. The lowest BCUT2D eigenvalue weighted by Crippen LogP contribution is -2.36. The largest absolute Gasteiger partial charge is 0.395 e. The molecule has 0 aromatic heterocycles. The van der Waals surface area contributed by atoms with Crippen molar-refractivity contribution < 1.29 is 5.11 Å². The van der Waals surface area contributed by atoms with Gasteiger partial charge in [0.05, 0.1) is 6.61 Å². The molecule has 1 fully saturated rings. The lowest BCUT2D eigenvalue weighted by Gasteiger charge is -2.19. The summed E-state index contributed by atoms with van der Waals surface area (Å²) in [6.45, 7) is 3.29. The van der Waals surface area contributed by atoms with Gasteiger partial charge in [-0.05, 0) is 26.4 Å². The lowest BCUT2D eigenvalue weighted by atomic mass is 10.2. The maximum Gasteiger partial charge on any atom is 0.0558 e. The smallest absolute Gasteiger partial charge is 0.0558 e. The van der Waals surface area contributed by atoms with Gasteiger partial charge in [-0.1, -0.05) is 0 Å². The number of rotatable bonds is 4. The summed E-state index contributed by atoms with van der Waals surface area (Å²) < 4.78 is 0. The highest BCUT2D eigenvalue weighted by Crippen LogP contribution is 2.05. The Morgan fingerprint density at radius 3 is 3.00 bits per heavy atom. The number of nitrogens with one attached hydrogen (secondary N) is 1. The normalized spacial score (nSPS) is 24.8. The summed E-state index contributed by atoms with van der Waals surface area (Å²) in [5.41, 5.74) is 0. The van der Waals surface area contributed by atoms with Crippen LogP contribution in [0, 0.1) is 0 Å². The van der Waals surface area contributed by atoms with Crippen LogP contribution in [0.1, 0.15) is 12.8 Å². The van der Waals surface area contributed by atoms with Crippen LogP contribution < -0.4 is 5.32 Å². The van der Waals surface area contributed by atoms with Crippen molar-refractivity contribution in [2.24, 2.45) is 0 Å². The fourth-order valence-electron chi connectivity index (χ4n) is 1.55. The van der Waals surface area contributed by atoms with Gasteiger partial charge in [0.15, 0.2) is 0 Å². The van der Waals surface area contributed by atoms with Crippen LogP contribution in [0.3, 0.4) is 0 Å². The summed E-state index contributed by atoms with van der Waals surface area (Å²) in [5.74, 6) is 0. The van der Waals surface area contributed by atoms with Crippen molar-refractivity contribution >= 4 is 0 Å². The minimum absolute atomic E-state index is 0.267. The molecule has 1 rings (SSSR count). The van der Waals surface area contributed by atoms with Crippen LogP contribution in [0.5, 0.6) is 0 Å². The third kappa shape index (κ3) is 3.18. The minimum atomic E-state index is 0.267. The monoisotopic (exact) mass is 158 g/mol. The number of likely N-dealkylation sites (N-methyl/N-ethyl adjacent to an activating group) is 1. The molecule has 0 bridgehead atoms. The van der Waals surface area contributed by atoms with Crippen molar-refractivity contribution in [1.82, 2.24) is 10.2 Å². The summed E-state index contributed by atoms with van der Waals surface area (Å²) in [4.78, 5) is 2.17. The Kier molecular flexibility index (Phi) is 3.83. The van der Waals surface area contributed by atoms with Gasteiger partial charge in [0.1, 0.15) is 0 Å². The van der Waals surface area contributed by atoms with E-state index < -0.39 is 0 Å². The average Bonchev–Trinajstić information content (AvgIpc) is 2.40. The number of hydrogen-bond donors (Lipinski definition) is 2. The highest BCUT2D eigenvalue weighted by molar-refractivity contribution is 4.76. The molecule has 0 spiro atoms. The van der Waals surface area contributed by atoms with E-state index in [0.717, 1.165) is 19.6 Å². The third-order valence-electron chi connectivity index (χ3n) is 2.18. The predicted molar refractivity (Wildman–Crippen MR) is 45.6 cm³/mol. The maximum atomic E-state index is 8.65. The van der Waals surface area contributed by atoms with E-state index in [1.807, 2.05) is 0 Å². The summed E-state index contributed by atoms with van der Waals surface area (Å²) in [7, 11) is 2.05. The van der Waals surface area contributed by atoms with Crippen LogP contribution >= 0.6 is 0 Å². The molecule has 1 aliphatic heterocycles. The van der Waals surface area contributed by atoms with Gasteiger partial charge in [0, 0.05) is 19.1 Å². The van der Waals surface area contributed by atoms with E-state index in [1.165, 1.54) is 12.8 Å². The fraction of sp³-hybridized carbons (Fsp3) is 1.00. The zero-order chi connectivity index (χ0) is 8.10. The lowest BCUT2D eigenvalue weighted by molar-refractivity contribution is 0.211. The second kappa shape index (κ2) is 4.70. The molecule has 0 radical (unpaired) electrons. The fourth-order valence-corrected chi connectivity index (χ4v) is 1.55. The highest BCUT2D eigenvalue weighted by atomic mass is 16.3. The third-order valence-corrected chi connectivity index (χ3v) is 2.18. The van der Waals surface area contributed by atoms with Crippen molar-refractivity contribution in [2.45, 2.75) is 18.9 Å². The Bertz CT molecular complexity index is 102. The summed E-state index contributed by atoms with van der Waals surface area (Å²) in [6.07, 6.45) is 2.59. The van der Waals surface area contributed by atoms with E-state index in [1.54, 1.807) is 0 Å². The molecule has 0 aliphatic carbocycles. The molecule has 2 N–H and O–H groups in total. The highest BCUT2D eigenvalue weighted by Gasteiger charge is 2.14.